The van der Waals surface area contributed by atoms with Gasteiger partial charge in [0, 0.05) is 19.6 Å². The van der Waals surface area contributed by atoms with E-state index in [-0.39, 0.29) is 35.9 Å². The largest absolute Gasteiger partial charge is 0.469 e. The third-order valence-corrected chi connectivity index (χ3v) is 4.56. The molecule has 1 aromatic carbocycles. The Labute approximate surface area is 168 Å². The normalized spacial score (nSPS) is 15.5. The van der Waals surface area contributed by atoms with E-state index in [1.807, 2.05) is 0 Å². The summed E-state index contributed by atoms with van der Waals surface area (Å²) in [6.45, 7) is 9.49. The molecule has 140 valence electrons. The number of carbonyl (C=O) groups is 1. The number of ether oxygens (including phenoxy) is 1. The Balaban J connectivity index is 0.00000312. The predicted octanol–water partition coefficient (Wildman–Crippen LogP) is 3.27. The smallest absolute Gasteiger partial charge is 0.308 e. The third-order valence-electron chi connectivity index (χ3n) is 4.56. The number of esters is 1. The molecule has 0 radical (unpaired) electrons. The van der Waals surface area contributed by atoms with Crippen molar-refractivity contribution < 1.29 is 9.53 Å². The summed E-state index contributed by atoms with van der Waals surface area (Å²) in [6.07, 6.45) is 1.64. The van der Waals surface area contributed by atoms with Crippen LogP contribution in [0.25, 0.3) is 0 Å². The molecule has 0 aliphatic carbocycles. The van der Waals surface area contributed by atoms with Gasteiger partial charge >= 0.3 is 5.97 Å². The quantitative estimate of drug-likeness (QED) is 0.325. The van der Waals surface area contributed by atoms with Crippen molar-refractivity contribution >= 4 is 35.9 Å². The fraction of sp³-hybridized carbons (Fsp3) is 0.579. The second-order valence-electron chi connectivity index (χ2n) is 6.38. The van der Waals surface area contributed by atoms with Crippen molar-refractivity contribution in [3.05, 3.63) is 34.9 Å². The Morgan fingerprint density at radius 2 is 2.00 bits per heavy atom. The van der Waals surface area contributed by atoms with Gasteiger partial charge in [0.1, 0.15) is 0 Å². The Bertz CT molecular complexity index is 596. The lowest BCUT2D eigenvalue weighted by Gasteiger charge is -2.33. The maximum Gasteiger partial charge on any atom is 0.308 e. The zero-order valence-electron chi connectivity index (χ0n) is 15.7. The average molecular weight is 459 g/mol. The second kappa shape index (κ2) is 10.6. The van der Waals surface area contributed by atoms with Crippen LogP contribution in [0.1, 0.15) is 36.5 Å². The van der Waals surface area contributed by atoms with E-state index in [2.05, 4.69) is 49.2 Å². The molecule has 0 unspecified atom stereocenters. The summed E-state index contributed by atoms with van der Waals surface area (Å²) in [5.74, 6) is 0.862. The molecule has 1 aromatic rings. The van der Waals surface area contributed by atoms with Gasteiger partial charge in [-0.25, -0.2) is 4.99 Å². The number of aliphatic imine (C=N–C) groups is 1. The Kier molecular flexibility index (Phi) is 9.24. The van der Waals surface area contributed by atoms with Crippen LogP contribution < -0.4 is 5.32 Å². The highest BCUT2D eigenvalue weighted by molar-refractivity contribution is 14.0. The molecule has 5 nitrogen and oxygen atoms in total. The summed E-state index contributed by atoms with van der Waals surface area (Å²) in [7, 11) is 1.46. The van der Waals surface area contributed by atoms with Crippen LogP contribution in [0.5, 0.6) is 0 Å². The molecule has 0 bridgehead atoms. The molecule has 0 spiro atoms. The monoisotopic (exact) mass is 459 g/mol. The van der Waals surface area contributed by atoms with Crippen LogP contribution in [0.15, 0.2) is 23.2 Å². The van der Waals surface area contributed by atoms with Crippen LogP contribution in [0.4, 0.5) is 0 Å². The van der Waals surface area contributed by atoms with Gasteiger partial charge in [0.25, 0.3) is 0 Å². The van der Waals surface area contributed by atoms with E-state index < -0.39 is 0 Å². The molecule has 0 atom stereocenters. The van der Waals surface area contributed by atoms with Gasteiger partial charge in [0.15, 0.2) is 5.96 Å². The predicted molar refractivity (Wildman–Crippen MR) is 112 cm³/mol. The molecular weight excluding hydrogens is 429 g/mol. The number of nitrogens with zero attached hydrogens (tertiary/aromatic N) is 2. The zero-order valence-corrected chi connectivity index (χ0v) is 18.0. The van der Waals surface area contributed by atoms with Crippen molar-refractivity contribution in [1.82, 2.24) is 10.2 Å². The lowest BCUT2D eigenvalue weighted by Crippen LogP contribution is -2.46. The molecule has 0 amide bonds. The van der Waals surface area contributed by atoms with Crippen LogP contribution in [0, 0.1) is 19.8 Å². The van der Waals surface area contributed by atoms with Crippen LogP contribution in [0.2, 0.25) is 0 Å². The summed E-state index contributed by atoms with van der Waals surface area (Å²) < 4.78 is 4.86. The number of halogens is 1. The van der Waals surface area contributed by atoms with Gasteiger partial charge in [-0.05, 0) is 44.7 Å². The number of hydrogen-bond donors (Lipinski definition) is 1. The van der Waals surface area contributed by atoms with Gasteiger partial charge in [-0.3, -0.25) is 4.79 Å². The molecule has 1 fully saturated rings. The number of piperidine rings is 1. The van der Waals surface area contributed by atoms with Crippen molar-refractivity contribution in [1.29, 1.82) is 0 Å². The van der Waals surface area contributed by atoms with Crippen LogP contribution in [-0.4, -0.2) is 43.6 Å². The van der Waals surface area contributed by atoms with Gasteiger partial charge in [-0.1, -0.05) is 23.8 Å². The maximum absolute atomic E-state index is 11.7. The first-order chi connectivity index (χ1) is 11.5. The SMILES string of the molecule is CCNC(=NCc1ccc(C)cc1C)N1CCC(C(=O)OC)CC1.I. The molecule has 1 N–H and O–H groups in total. The average Bonchev–Trinajstić information content (AvgIpc) is 2.59. The molecule has 1 heterocycles. The number of aryl methyl sites for hydroxylation is 2. The van der Waals surface area contributed by atoms with Crippen LogP contribution >= 0.6 is 24.0 Å². The minimum atomic E-state index is -0.0909. The first-order valence-corrected chi connectivity index (χ1v) is 8.72. The maximum atomic E-state index is 11.7. The minimum Gasteiger partial charge on any atom is -0.469 e. The van der Waals surface area contributed by atoms with Gasteiger partial charge in [0.2, 0.25) is 0 Å². The van der Waals surface area contributed by atoms with Crippen LogP contribution in [-0.2, 0) is 16.1 Å². The minimum absolute atomic E-state index is 0. The summed E-state index contributed by atoms with van der Waals surface area (Å²) in [5, 5.41) is 3.37. The van der Waals surface area contributed by atoms with Gasteiger partial charge < -0.3 is 15.0 Å². The second-order valence-corrected chi connectivity index (χ2v) is 6.38. The molecule has 6 heteroatoms. The van der Waals surface area contributed by atoms with Crippen LogP contribution in [0.3, 0.4) is 0 Å². The summed E-state index contributed by atoms with van der Waals surface area (Å²) in [4.78, 5) is 18.7. The highest BCUT2D eigenvalue weighted by atomic mass is 127. The van der Waals surface area contributed by atoms with E-state index in [0.717, 1.165) is 38.4 Å². The van der Waals surface area contributed by atoms with Gasteiger partial charge in [-0.2, -0.15) is 0 Å². The van der Waals surface area contributed by atoms with E-state index in [1.165, 1.54) is 23.8 Å². The van der Waals surface area contributed by atoms with E-state index in [0.29, 0.717) is 6.54 Å². The molecule has 2 rings (SSSR count). The van der Waals surface area contributed by atoms with E-state index >= 15 is 0 Å². The molecule has 1 saturated heterocycles. The highest BCUT2D eigenvalue weighted by Gasteiger charge is 2.26. The Morgan fingerprint density at radius 1 is 1.32 bits per heavy atom. The number of hydrogen-bond acceptors (Lipinski definition) is 3. The fourth-order valence-corrected chi connectivity index (χ4v) is 3.10. The molecule has 25 heavy (non-hydrogen) atoms. The number of carbonyl (C=O) groups excluding carboxylic acids is 1. The Morgan fingerprint density at radius 3 is 2.56 bits per heavy atom. The van der Waals surface area contributed by atoms with Crippen molar-refractivity contribution in [3.63, 3.8) is 0 Å². The number of benzene rings is 1. The van der Waals surface area contributed by atoms with Crippen molar-refractivity contribution in [3.8, 4) is 0 Å². The fourth-order valence-electron chi connectivity index (χ4n) is 3.10. The lowest BCUT2D eigenvalue weighted by molar-refractivity contribution is -0.146. The Hall–Kier alpha value is -1.31. The third kappa shape index (κ3) is 6.17. The highest BCUT2D eigenvalue weighted by Crippen LogP contribution is 2.19. The van der Waals surface area contributed by atoms with Crippen molar-refractivity contribution in [2.45, 2.75) is 40.2 Å². The summed E-state index contributed by atoms with van der Waals surface area (Å²) >= 11 is 0. The number of likely N-dealkylation sites (tertiary alicyclic amines) is 1. The number of guanidine groups is 1. The summed E-state index contributed by atoms with van der Waals surface area (Å²) in [6, 6.07) is 6.48. The standard InChI is InChI=1S/C19H29N3O2.HI/c1-5-20-19(21-13-17-7-6-14(2)12-15(17)3)22-10-8-16(9-11-22)18(23)24-4;/h6-7,12,16H,5,8-11,13H2,1-4H3,(H,20,21);1H. The zero-order chi connectivity index (χ0) is 17.5. The first-order valence-electron chi connectivity index (χ1n) is 8.72. The molecule has 0 aromatic heterocycles. The topological polar surface area (TPSA) is 53.9 Å². The van der Waals surface area contributed by atoms with Crippen molar-refractivity contribution in [2.75, 3.05) is 26.7 Å². The van der Waals surface area contributed by atoms with Crippen molar-refractivity contribution in [2.24, 2.45) is 10.9 Å². The molecule has 1 aliphatic rings. The lowest BCUT2D eigenvalue weighted by atomic mass is 9.97. The first kappa shape index (κ1) is 21.7. The summed E-state index contributed by atoms with van der Waals surface area (Å²) in [5.41, 5.74) is 3.80. The van der Waals surface area contributed by atoms with E-state index in [4.69, 9.17) is 9.73 Å². The molecule has 0 saturated carbocycles. The number of methoxy groups -OCH3 is 1. The number of nitrogens with one attached hydrogen (secondary N) is 1. The molecule has 1 aliphatic heterocycles. The molecular formula is C19H30IN3O2. The van der Waals surface area contributed by atoms with E-state index in [1.54, 1.807) is 0 Å². The van der Waals surface area contributed by atoms with Gasteiger partial charge in [0.05, 0.1) is 19.6 Å². The van der Waals surface area contributed by atoms with E-state index in [9.17, 15) is 4.79 Å². The van der Waals surface area contributed by atoms with Gasteiger partial charge in [-0.15, -0.1) is 24.0 Å². The number of rotatable bonds is 4.